The molecule has 0 unspecified atom stereocenters. The van der Waals surface area contributed by atoms with E-state index >= 15 is 0 Å². The maximum atomic E-state index is 10.1. The number of carbonyl (C=O) groups excluding carboxylic acids is 2. The number of amides is 2. The molecule has 2 amide bonds. The molecule has 0 aromatic carbocycles. The summed E-state index contributed by atoms with van der Waals surface area (Å²) in [4.78, 5) is 19.1. The topological polar surface area (TPSA) is 95.4 Å². The fourth-order valence-corrected chi connectivity index (χ4v) is 0.286. The van der Waals surface area contributed by atoms with Crippen molar-refractivity contribution in [3.05, 3.63) is 12.7 Å². The lowest BCUT2D eigenvalue weighted by Crippen LogP contribution is -2.18. The van der Waals surface area contributed by atoms with Gasteiger partial charge < -0.3 is 16.2 Å². The summed E-state index contributed by atoms with van der Waals surface area (Å²) in [5, 5.41) is 0. The quantitative estimate of drug-likeness (QED) is 0.362. The van der Waals surface area contributed by atoms with Gasteiger partial charge in [0.15, 0.2) is 0 Å². The van der Waals surface area contributed by atoms with Crippen molar-refractivity contribution in [2.45, 2.75) is 13.3 Å². The zero-order valence-corrected chi connectivity index (χ0v) is 7.08. The summed E-state index contributed by atoms with van der Waals surface area (Å²) in [6.07, 6.45) is 2.45. The fraction of sp³-hybridized carbons (Fsp3) is 0.429. The van der Waals surface area contributed by atoms with Gasteiger partial charge in [-0.1, -0.05) is 6.08 Å². The largest absolute Gasteiger partial charge is 0.466 e. The van der Waals surface area contributed by atoms with Gasteiger partial charge in [0.1, 0.15) is 0 Å². The first kappa shape index (κ1) is 13.1. The summed E-state index contributed by atoms with van der Waals surface area (Å²) in [5.74, 6) is -0.230. The maximum Gasteiger partial charge on any atom is 0.309 e. The second-order valence-corrected chi connectivity index (χ2v) is 1.82. The van der Waals surface area contributed by atoms with Gasteiger partial charge in [-0.25, -0.2) is 4.79 Å². The standard InChI is InChI=1S/C6H10O2.CH4N2O/c1-3-4-5-8-6(2)7;2-1(3)4/h3H,1,4-5H2,2H3;(H4,2,3,4). The van der Waals surface area contributed by atoms with Crippen molar-refractivity contribution in [3.63, 3.8) is 0 Å². The molecule has 0 atom stereocenters. The number of hydrogen-bond donors (Lipinski definition) is 2. The Morgan fingerprint density at radius 1 is 1.50 bits per heavy atom. The summed E-state index contributed by atoms with van der Waals surface area (Å²) in [5.41, 5.74) is 8.50. The van der Waals surface area contributed by atoms with Crippen LogP contribution in [-0.4, -0.2) is 18.6 Å². The van der Waals surface area contributed by atoms with Crippen molar-refractivity contribution >= 4 is 12.0 Å². The number of urea groups is 1. The van der Waals surface area contributed by atoms with Crippen LogP contribution < -0.4 is 11.5 Å². The molecule has 0 saturated heterocycles. The highest BCUT2D eigenvalue weighted by atomic mass is 16.5. The first-order valence-corrected chi connectivity index (χ1v) is 3.29. The van der Waals surface area contributed by atoms with Crippen molar-refractivity contribution < 1.29 is 14.3 Å². The van der Waals surface area contributed by atoms with Gasteiger partial charge in [0.05, 0.1) is 6.61 Å². The van der Waals surface area contributed by atoms with Crippen LogP contribution in [0.3, 0.4) is 0 Å². The van der Waals surface area contributed by atoms with Crippen molar-refractivity contribution in [1.29, 1.82) is 0 Å². The molecule has 0 bridgehead atoms. The molecule has 0 radical (unpaired) electrons. The predicted octanol–water partition coefficient (Wildman–Crippen LogP) is 0.149. The summed E-state index contributed by atoms with van der Waals surface area (Å²) in [7, 11) is 0. The number of esters is 1. The number of rotatable bonds is 3. The zero-order chi connectivity index (χ0) is 9.98. The molecule has 0 heterocycles. The van der Waals surface area contributed by atoms with E-state index in [9.17, 15) is 4.79 Å². The Labute approximate surface area is 71.4 Å². The normalized spacial score (nSPS) is 7.42. The van der Waals surface area contributed by atoms with E-state index < -0.39 is 6.03 Å². The van der Waals surface area contributed by atoms with Gasteiger partial charge in [-0.2, -0.15) is 0 Å². The van der Waals surface area contributed by atoms with Crippen LogP contribution >= 0.6 is 0 Å². The number of nitrogens with two attached hydrogens (primary N) is 2. The molecule has 0 aliphatic carbocycles. The van der Waals surface area contributed by atoms with E-state index in [1.165, 1.54) is 6.92 Å². The minimum absolute atomic E-state index is 0.230. The van der Waals surface area contributed by atoms with E-state index in [1.807, 2.05) is 0 Å². The minimum Gasteiger partial charge on any atom is -0.466 e. The molecule has 5 nitrogen and oxygen atoms in total. The monoisotopic (exact) mass is 174 g/mol. The van der Waals surface area contributed by atoms with Crippen LogP contribution in [0, 0.1) is 0 Å². The predicted molar refractivity (Wildman–Crippen MR) is 45.2 cm³/mol. The fourth-order valence-electron chi connectivity index (χ4n) is 0.286. The summed E-state index contributed by atoms with van der Waals surface area (Å²) >= 11 is 0. The lowest BCUT2D eigenvalue weighted by Gasteiger charge is -1.94. The molecule has 5 heteroatoms. The molecule has 0 spiro atoms. The zero-order valence-electron chi connectivity index (χ0n) is 7.08. The highest BCUT2D eigenvalue weighted by molar-refractivity contribution is 5.69. The molecule has 70 valence electrons. The Kier molecular flexibility index (Phi) is 10.3. The molecule has 0 aromatic rings. The third-order valence-electron chi connectivity index (χ3n) is 0.627. The smallest absolute Gasteiger partial charge is 0.309 e. The number of ether oxygens (including phenoxy) is 1. The third kappa shape index (κ3) is 39.2. The van der Waals surface area contributed by atoms with Gasteiger partial charge in [-0.05, 0) is 6.42 Å². The summed E-state index contributed by atoms with van der Waals surface area (Å²) in [6.45, 7) is 5.32. The highest BCUT2D eigenvalue weighted by Gasteiger charge is 1.86. The van der Waals surface area contributed by atoms with Crippen LogP contribution in [-0.2, 0) is 9.53 Å². The molecule has 0 saturated carbocycles. The van der Waals surface area contributed by atoms with Crippen LogP contribution in [0.1, 0.15) is 13.3 Å². The molecule has 0 aliphatic heterocycles. The Hall–Kier alpha value is -1.52. The second kappa shape index (κ2) is 9.48. The SMILES string of the molecule is C=CCCOC(C)=O.NC(N)=O. The Bertz CT molecular complexity index is 153. The highest BCUT2D eigenvalue weighted by Crippen LogP contribution is 1.81. The average Bonchev–Trinajstić information content (AvgIpc) is 1.86. The van der Waals surface area contributed by atoms with Gasteiger partial charge in [0.2, 0.25) is 0 Å². The number of hydrogen-bond acceptors (Lipinski definition) is 3. The average molecular weight is 174 g/mol. The van der Waals surface area contributed by atoms with Crippen molar-refractivity contribution in [3.8, 4) is 0 Å². The van der Waals surface area contributed by atoms with Gasteiger partial charge >= 0.3 is 12.0 Å². The second-order valence-electron chi connectivity index (χ2n) is 1.82. The van der Waals surface area contributed by atoms with Gasteiger partial charge in [-0.15, -0.1) is 6.58 Å². The minimum atomic E-state index is -0.833. The molecule has 0 aliphatic rings. The van der Waals surface area contributed by atoms with E-state index in [0.29, 0.717) is 6.61 Å². The van der Waals surface area contributed by atoms with E-state index in [1.54, 1.807) is 6.08 Å². The molecular formula is C7H14N2O3. The molecule has 12 heavy (non-hydrogen) atoms. The molecular weight excluding hydrogens is 160 g/mol. The lowest BCUT2D eigenvalue weighted by atomic mass is 10.5. The Balaban J connectivity index is 0. The third-order valence-corrected chi connectivity index (χ3v) is 0.627. The van der Waals surface area contributed by atoms with Crippen LogP contribution in [0.4, 0.5) is 4.79 Å². The van der Waals surface area contributed by atoms with Crippen LogP contribution in [0.5, 0.6) is 0 Å². The van der Waals surface area contributed by atoms with Crippen LogP contribution in [0.25, 0.3) is 0 Å². The first-order chi connectivity index (χ1) is 5.50. The summed E-state index contributed by atoms with van der Waals surface area (Å²) < 4.78 is 4.57. The number of primary amides is 2. The van der Waals surface area contributed by atoms with E-state index in [0.717, 1.165) is 6.42 Å². The maximum absolute atomic E-state index is 10.1. The Morgan fingerprint density at radius 3 is 2.17 bits per heavy atom. The van der Waals surface area contributed by atoms with Crippen LogP contribution in [0.2, 0.25) is 0 Å². The molecule has 4 N–H and O–H groups in total. The van der Waals surface area contributed by atoms with E-state index in [-0.39, 0.29) is 5.97 Å². The number of carbonyl (C=O) groups is 2. The van der Waals surface area contributed by atoms with Crippen molar-refractivity contribution in [2.75, 3.05) is 6.61 Å². The molecule has 0 aromatic heterocycles. The Morgan fingerprint density at radius 2 is 1.92 bits per heavy atom. The first-order valence-electron chi connectivity index (χ1n) is 3.29. The van der Waals surface area contributed by atoms with Gasteiger partial charge in [0.25, 0.3) is 0 Å². The summed E-state index contributed by atoms with van der Waals surface area (Å²) in [6, 6.07) is -0.833. The van der Waals surface area contributed by atoms with E-state index in [2.05, 4.69) is 22.8 Å². The van der Waals surface area contributed by atoms with Gasteiger partial charge in [0, 0.05) is 6.92 Å². The van der Waals surface area contributed by atoms with Crippen molar-refractivity contribution in [2.24, 2.45) is 11.5 Å². The van der Waals surface area contributed by atoms with Gasteiger partial charge in [-0.3, -0.25) is 4.79 Å². The molecule has 0 rings (SSSR count). The van der Waals surface area contributed by atoms with E-state index in [4.69, 9.17) is 4.79 Å². The van der Waals surface area contributed by atoms with Crippen molar-refractivity contribution in [1.82, 2.24) is 0 Å². The lowest BCUT2D eigenvalue weighted by molar-refractivity contribution is -0.140. The van der Waals surface area contributed by atoms with Crippen LogP contribution in [0.15, 0.2) is 12.7 Å². The molecule has 0 fully saturated rings.